The summed E-state index contributed by atoms with van der Waals surface area (Å²) in [5, 5.41) is 4.14. The van der Waals surface area contributed by atoms with Crippen molar-refractivity contribution in [1.29, 1.82) is 0 Å². The number of carbonyl (C=O) groups is 1. The quantitative estimate of drug-likeness (QED) is 0.826. The van der Waals surface area contributed by atoms with Gasteiger partial charge in [0.2, 0.25) is 0 Å². The standard InChI is InChI=1S/C15H14N2O2/c1-19-11-6-7-15(10-18,17-8-11)13-9-16-14-5-3-2-4-12(13)14/h2-10,16-17H,1H3. The lowest BCUT2D eigenvalue weighted by Crippen LogP contribution is -2.40. The summed E-state index contributed by atoms with van der Waals surface area (Å²) >= 11 is 0. The average molecular weight is 254 g/mol. The van der Waals surface area contributed by atoms with Gasteiger partial charge in [0.1, 0.15) is 11.3 Å². The summed E-state index contributed by atoms with van der Waals surface area (Å²) in [7, 11) is 1.59. The molecule has 2 N–H and O–H groups in total. The zero-order chi connectivity index (χ0) is 13.3. The van der Waals surface area contributed by atoms with Crippen LogP contribution in [0.1, 0.15) is 5.56 Å². The molecule has 1 aliphatic rings. The van der Waals surface area contributed by atoms with Crippen LogP contribution in [0.3, 0.4) is 0 Å². The zero-order valence-electron chi connectivity index (χ0n) is 10.5. The second-order valence-corrected chi connectivity index (χ2v) is 4.46. The van der Waals surface area contributed by atoms with E-state index in [4.69, 9.17) is 4.74 Å². The van der Waals surface area contributed by atoms with Gasteiger partial charge in [0, 0.05) is 28.9 Å². The summed E-state index contributed by atoms with van der Waals surface area (Å²) in [4.78, 5) is 14.8. The first-order valence-electron chi connectivity index (χ1n) is 6.03. The summed E-state index contributed by atoms with van der Waals surface area (Å²) in [6, 6.07) is 7.90. The molecule has 4 heteroatoms. The maximum absolute atomic E-state index is 11.6. The summed E-state index contributed by atoms with van der Waals surface area (Å²) in [5.41, 5.74) is 1.07. The maximum atomic E-state index is 11.6. The maximum Gasteiger partial charge on any atom is 0.154 e. The number of rotatable bonds is 3. The fraction of sp³-hybridized carbons (Fsp3) is 0.133. The summed E-state index contributed by atoms with van der Waals surface area (Å²) in [6.07, 6.45) is 8.08. The molecule has 2 heterocycles. The van der Waals surface area contributed by atoms with Gasteiger partial charge in [-0.05, 0) is 18.2 Å². The number of methoxy groups -OCH3 is 1. The summed E-state index contributed by atoms with van der Waals surface area (Å²) in [5.74, 6) is 0.692. The molecule has 0 amide bonds. The minimum atomic E-state index is -0.846. The van der Waals surface area contributed by atoms with E-state index in [0.717, 1.165) is 22.8 Å². The number of hydrogen-bond acceptors (Lipinski definition) is 3. The first-order valence-corrected chi connectivity index (χ1v) is 6.03. The van der Waals surface area contributed by atoms with Crippen molar-refractivity contribution in [3.05, 3.63) is 60.1 Å². The van der Waals surface area contributed by atoms with Gasteiger partial charge in [-0.25, -0.2) is 0 Å². The summed E-state index contributed by atoms with van der Waals surface area (Å²) in [6.45, 7) is 0. The van der Waals surface area contributed by atoms with E-state index in [-0.39, 0.29) is 0 Å². The summed E-state index contributed by atoms with van der Waals surface area (Å²) < 4.78 is 5.12. The predicted molar refractivity (Wildman–Crippen MR) is 73.4 cm³/mol. The van der Waals surface area contributed by atoms with Crippen molar-refractivity contribution >= 4 is 17.2 Å². The van der Waals surface area contributed by atoms with Crippen molar-refractivity contribution in [3.63, 3.8) is 0 Å². The van der Waals surface area contributed by atoms with Crippen LogP contribution < -0.4 is 5.32 Å². The molecule has 96 valence electrons. The number of dihydropyridines is 1. The number of aromatic nitrogens is 1. The van der Waals surface area contributed by atoms with Crippen LogP contribution in [0, 0.1) is 0 Å². The van der Waals surface area contributed by atoms with Crippen molar-refractivity contribution < 1.29 is 9.53 Å². The molecule has 1 aromatic heterocycles. The normalized spacial score (nSPS) is 21.8. The van der Waals surface area contributed by atoms with Gasteiger partial charge in [-0.3, -0.25) is 4.79 Å². The van der Waals surface area contributed by atoms with Crippen molar-refractivity contribution in [2.24, 2.45) is 0 Å². The first-order chi connectivity index (χ1) is 9.29. The van der Waals surface area contributed by atoms with Gasteiger partial charge >= 0.3 is 0 Å². The number of aromatic amines is 1. The highest BCUT2D eigenvalue weighted by molar-refractivity contribution is 5.89. The van der Waals surface area contributed by atoms with Gasteiger partial charge in [-0.1, -0.05) is 18.2 Å². The molecule has 19 heavy (non-hydrogen) atoms. The molecule has 1 unspecified atom stereocenters. The number of fused-ring (bicyclic) bond motifs is 1. The third-order valence-corrected chi connectivity index (χ3v) is 3.42. The average Bonchev–Trinajstić information content (AvgIpc) is 2.92. The molecule has 0 aliphatic carbocycles. The van der Waals surface area contributed by atoms with Crippen LogP contribution >= 0.6 is 0 Å². The predicted octanol–water partition coefficient (Wildman–Crippen LogP) is 2.21. The van der Waals surface area contributed by atoms with Crippen LogP contribution in [0.2, 0.25) is 0 Å². The fourth-order valence-electron chi connectivity index (χ4n) is 2.35. The Morgan fingerprint density at radius 1 is 1.32 bits per heavy atom. The molecule has 1 aromatic carbocycles. The smallest absolute Gasteiger partial charge is 0.154 e. The van der Waals surface area contributed by atoms with E-state index in [9.17, 15) is 4.79 Å². The molecular formula is C15H14N2O2. The number of hydrogen-bond donors (Lipinski definition) is 2. The van der Waals surface area contributed by atoms with Crippen LogP contribution in [-0.4, -0.2) is 18.4 Å². The Hall–Kier alpha value is -2.49. The SMILES string of the molecule is COC1=CNC(C=O)(c2c[nH]c3ccccc23)C=C1. The Bertz CT molecular complexity index is 684. The largest absolute Gasteiger partial charge is 0.495 e. The van der Waals surface area contributed by atoms with Gasteiger partial charge in [-0.2, -0.15) is 0 Å². The van der Waals surface area contributed by atoms with E-state index < -0.39 is 5.54 Å². The van der Waals surface area contributed by atoms with Crippen LogP contribution in [0.4, 0.5) is 0 Å². The lowest BCUT2D eigenvalue weighted by atomic mass is 9.89. The molecule has 0 saturated heterocycles. The van der Waals surface area contributed by atoms with Crippen molar-refractivity contribution in [3.8, 4) is 0 Å². The minimum Gasteiger partial charge on any atom is -0.495 e. The van der Waals surface area contributed by atoms with Crippen LogP contribution in [0.25, 0.3) is 10.9 Å². The molecule has 0 bridgehead atoms. The van der Waals surface area contributed by atoms with E-state index in [1.807, 2.05) is 36.5 Å². The highest BCUT2D eigenvalue weighted by Gasteiger charge is 2.32. The Morgan fingerprint density at radius 3 is 2.84 bits per heavy atom. The molecule has 4 nitrogen and oxygen atoms in total. The molecule has 3 rings (SSSR count). The van der Waals surface area contributed by atoms with Crippen LogP contribution in [-0.2, 0) is 15.1 Å². The molecule has 0 saturated carbocycles. The molecule has 0 radical (unpaired) electrons. The number of ether oxygens (including phenoxy) is 1. The monoisotopic (exact) mass is 254 g/mol. The second-order valence-electron chi connectivity index (χ2n) is 4.46. The van der Waals surface area contributed by atoms with Crippen LogP contribution in [0.15, 0.2) is 54.6 Å². The number of nitrogens with one attached hydrogen (secondary N) is 2. The highest BCUT2D eigenvalue weighted by atomic mass is 16.5. The molecule has 0 spiro atoms. The topological polar surface area (TPSA) is 54.1 Å². The molecule has 0 fully saturated rings. The third-order valence-electron chi connectivity index (χ3n) is 3.42. The first kappa shape index (κ1) is 11.6. The minimum absolute atomic E-state index is 0.692. The molecule has 1 atom stereocenters. The lowest BCUT2D eigenvalue weighted by molar-refractivity contribution is -0.111. The van der Waals surface area contributed by atoms with E-state index in [1.165, 1.54) is 0 Å². The molecular weight excluding hydrogens is 240 g/mol. The van der Waals surface area contributed by atoms with Crippen molar-refractivity contribution in [2.45, 2.75) is 5.54 Å². The second kappa shape index (κ2) is 4.31. The number of carbonyl (C=O) groups excluding carboxylic acids is 1. The van der Waals surface area contributed by atoms with E-state index in [2.05, 4.69) is 10.3 Å². The number of benzene rings is 1. The van der Waals surface area contributed by atoms with Gasteiger partial charge in [-0.15, -0.1) is 0 Å². The van der Waals surface area contributed by atoms with Gasteiger partial charge in [0.15, 0.2) is 6.29 Å². The van der Waals surface area contributed by atoms with Gasteiger partial charge < -0.3 is 15.0 Å². The Labute approximate surface area is 110 Å². The van der Waals surface area contributed by atoms with Gasteiger partial charge in [0.25, 0.3) is 0 Å². The number of H-pyrrole nitrogens is 1. The van der Waals surface area contributed by atoms with E-state index in [1.54, 1.807) is 19.4 Å². The number of para-hydroxylation sites is 1. The Kier molecular flexibility index (Phi) is 2.63. The van der Waals surface area contributed by atoms with Crippen molar-refractivity contribution in [1.82, 2.24) is 10.3 Å². The van der Waals surface area contributed by atoms with Gasteiger partial charge in [0.05, 0.1) is 7.11 Å². The lowest BCUT2D eigenvalue weighted by Gasteiger charge is -2.28. The van der Waals surface area contributed by atoms with Crippen molar-refractivity contribution in [2.75, 3.05) is 7.11 Å². The fourth-order valence-corrected chi connectivity index (χ4v) is 2.35. The number of allylic oxidation sites excluding steroid dienone is 1. The third kappa shape index (κ3) is 1.73. The Morgan fingerprint density at radius 2 is 2.16 bits per heavy atom. The van der Waals surface area contributed by atoms with Crippen LogP contribution in [0.5, 0.6) is 0 Å². The Balaban J connectivity index is 2.12. The molecule has 2 aromatic rings. The number of aldehydes is 1. The van der Waals surface area contributed by atoms with E-state index in [0.29, 0.717) is 5.76 Å². The highest BCUT2D eigenvalue weighted by Crippen LogP contribution is 2.30. The van der Waals surface area contributed by atoms with E-state index >= 15 is 0 Å². The molecule has 1 aliphatic heterocycles. The zero-order valence-corrected chi connectivity index (χ0v) is 10.5.